The highest BCUT2D eigenvalue weighted by atomic mass is 16.5. The van der Waals surface area contributed by atoms with Crippen molar-refractivity contribution in [1.82, 2.24) is 29.8 Å². The van der Waals surface area contributed by atoms with Crippen LogP contribution in [-0.4, -0.2) is 44.3 Å². The second-order valence-electron chi connectivity index (χ2n) is 10.1. The molecule has 0 unspecified atom stereocenters. The summed E-state index contributed by atoms with van der Waals surface area (Å²) in [5, 5.41) is 11.9. The lowest BCUT2D eigenvalue weighted by molar-refractivity contribution is -0.129. The van der Waals surface area contributed by atoms with Gasteiger partial charge in [0.1, 0.15) is 6.10 Å². The molecule has 0 bridgehead atoms. The standard InChI is InChI=1S/C33H30N6O3/c1-22(27-21-36-38-18-9-17-34-31(27)38)37-23(2)28-20-25-11-6-10-24(12-7-16-35-32(40)29-15-8-19-42-29)30(25)33(41)39(28)26-13-4-3-5-14-26/h3-6,9-11,13-14,17-18,20-21,23,29,37H,1,8,15-16,19H2,2H3,(H,35,40)/t23-,29-/m0/s1. The summed E-state index contributed by atoms with van der Waals surface area (Å²) in [6, 6.07) is 18.7. The van der Waals surface area contributed by atoms with Crippen LogP contribution in [0.3, 0.4) is 0 Å². The van der Waals surface area contributed by atoms with E-state index in [1.807, 2.05) is 73.8 Å². The normalized spacial score (nSPS) is 15.2. The minimum absolute atomic E-state index is 0.154. The summed E-state index contributed by atoms with van der Waals surface area (Å²) in [5.74, 6) is 5.96. The summed E-state index contributed by atoms with van der Waals surface area (Å²) >= 11 is 0. The van der Waals surface area contributed by atoms with Gasteiger partial charge in [0.2, 0.25) is 5.91 Å². The van der Waals surface area contributed by atoms with Crippen molar-refractivity contribution in [1.29, 1.82) is 0 Å². The van der Waals surface area contributed by atoms with E-state index >= 15 is 0 Å². The number of hydrogen-bond donors (Lipinski definition) is 2. The first-order valence-electron chi connectivity index (χ1n) is 13.9. The van der Waals surface area contributed by atoms with Gasteiger partial charge in [-0.15, -0.1) is 0 Å². The molecule has 1 aliphatic rings. The van der Waals surface area contributed by atoms with Gasteiger partial charge in [0.15, 0.2) is 5.65 Å². The van der Waals surface area contributed by atoms with E-state index in [0.29, 0.717) is 28.9 Å². The van der Waals surface area contributed by atoms with Crippen molar-refractivity contribution in [2.45, 2.75) is 31.9 Å². The molecule has 0 radical (unpaired) electrons. The Balaban J connectivity index is 1.35. The third kappa shape index (κ3) is 5.28. The topological polar surface area (TPSA) is 103 Å². The van der Waals surface area contributed by atoms with Crippen molar-refractivity contribution in [3.8, 4) is 17.5 Å². The molecule has 1 amide bonds. The van der Waals surface area contributed by atoms with E-state index < -0.39 is 6.10 Å². The molecule has 0 aliphatic carbocycles. The number of carbonyl (C=O) groups excluding carboxylic acids is 1. The second kappa shape index (κ2) is 11.7. The maximum Gasteiger partial charge on any atom is 0.264 e. The van der Waals surface area contributed by atoms with Crippen LogP contribution in [0.25, 0.3) is 27.8 Å². The van der Waals surface area contributed by atoms with Gasteiger partial charge in [-0.3, -0.25) is 14.2 Å². The zero-order valence-electron chi connectivity index (χ0n) is 23.2. The molecule has 42 heavy (non-hydrogen) atoms. The number of benzene rings is 2. The fourth-order valence-electron chi connectivity index (χ4n) is 5.27. The highest BCUT2D eigenvalue weighted by Crippen LogP contribution is 2.25. The number of para-hydroxylation sites is 1. The van der Waals surface area contributed by atoms with Crippen molar-refractivity contribution >= 4 is 28.0 Å². The fraction of sp³-hybridized carbons (Fsp3) is 0.212. The zero-order chi connectivity index (χ0) is 29.1. The minimum Gasteiger partial charge on any atom is -0.377 e. The summed E-state index contributed by atoms with van der Waals surface area (Å²) in [4.78, 5) is 30.9. The van der Waals surface area contributed by atoms with Gasteiger partial charge < -0.3 is 15.4 Å². The molecule has 0 spiro atoms. The highest BCUT2D eigenvalue weighted by molar-refractivity contribution is 5.88. The van der Waals surface area contributed by atoms with Gasteiger partial charge in [-0.25, -0.2) is 9.50 Å². The Bertz CT molecular complexity index is 1910. The van der Waals surface area contributed by atoms with Crippen LogP contribution < -0.4 is 16.2 Å². The SMILES string of the molecule is C=C(N[C@@H](C)c1cc2cccc(C#CCNC(=O)[C@@H]3CCCO3)c2c(=O)n1-c1ccccc1)c1cnn2cccnc12. The first-order valence-corrected chi connectivity index (χ1v) is 13.9. The lowest BCUT2D eigenvalue weighted by Gasteiger charge is -2.22. The van der Waals surface area contributed by atoms with Crippen molar-refractivity contribution in [2.24, 2.45) is 0 Å². The van der Waals surface area contributed by atoms with E-state index in [9.17, 15) is 9.59 Å². The third-order valence-corrected chi connectivity index (χ3v) is 7.32. The number of ether oxygens (including phenoxy) is 1. The van der Waals surface area contributed by atoms with Crippen LogP contribution in [-0.2, 0) is 9.53 Å². The number of carbonyl (C=O) groups is 1. The van der Waals surface area contributed by atoms with Crippen LogP contribution in [0, 0.1) is 11.8 Å². The predicted molar refractivity (Wildman–Crippen MR) is 162 cm³/mol. The summed E-state index contributed by atoms with van der Waals surface area (Å²) in [7, 11) is 0. The molecule has 9 heteroatoms. The Morgan fingerprint density at radius 3 is 2.86 bits per heavy atom. The Kier molecular flexibility index (Phi) is 7.54. The van der Waals surface area contributed by atoms with Crippen LogP contribution in [0.2, 0.25) is 0 Å². The molecular weight excluding hydrogens is 528 g/mol. The molecular formula is C33H30N6O3. The number of fused-ring (bicyclic) bond motifs is 2. The van der Waals surface area contributed by atoms with Gasteiger partial charge in [0.05, 0.1) is 29.7 Å². The number of pyridine rings is 1. The highest BCUT2D eigenvalue weighted by Gasteiger charge is 2.23. The molecule has 3 aromatic heterocycles. The lowest BCUT2D eigenvalue weighted by Crippen LogP contribution is -2.34. The predicted octanol–water partition coefficient (Wildman–Crippen LogP) is 4.00. The summed E-state index contributed by atoms with van der Waals surface area (Å²) in [5.41, 5.74) is 4.04. The van der Waals surface area contributed by atoms with Crippen LogP contribution in [0.4, 0.5) is 0 Å². The minimum atomic E-state index is -0.406. The van der Waals surface area contributed by atoms with Gasteiger partial charge in [-0.2, -0.15) is 5.10 Å². The van der Waals surface area contributed by atoms with Gasteiger partial charge in [-0.05, 0) is 55.5 Å². The number of aromatic nitrogens is 4. The van der Waals surface area contributed by atoms with Crippen molar-refractivity contribution in [3.05, 3.63) is 113 Å². The number of amides is 1. The quantitative estimate of drug-likeness (QED) is 0.293. The molecule has 2 N–H and O–H groups in total. The van der Waals surface area contributed by atoms with Gasteiger partial charge in [0, 0.05) is 41.6 Å². The number of hydrogen-bond acceptors (Lipinski definition) is 6. The van der Waals surface area contributed by atoms with E-state index in [2.05, 4.69) is 39.1 Å². The Hall–Kier alpha value is -5.20. The fourth-order valence-corrected chi connectivity index (χ4v) is 5.27. The van der Waals surface area contributed by atoms with E-state index in [0.717, 1.165) is 35.2 Å². The molecule has 1 saturated heterocycles. The molecule has 1 aliphatic heterocycles. The number of nitrogens with one attached hydrogen (secondary N) is 2. The Labute approximate surface area is 242 Å². The summed E-state index contributed by atoms with van der Waals surface area (Å²) in [6.07, 6.45) is 6.47. The maximum absolute atomic E-state index is 14.2. The van der Waals surface area contributed by atoms with Gasteiger partial charge in [0.25, 0.3) is 5.56 Å². The Morgan fingerprint density at radius 2 is 2.05 bits per heavy atom. The smallest absolute Gasteiger partial charge is 0.264 e. The van der Waals surface area contributed by atoms with Crippen LogP contribution in [0.15, 0.2) is 90.6 Å². The molecule has 4 heterocycles. The van der Waals surface area contributed by atoms with Crippen molar-refractivity contribution in [2.75, 3.05) is 13.2 Å². The van der Waals surface area contributed by atoms with Crippen molar-refractivity contribution in [3.63, 3.8) is 0 Å². The van der Waals surface area contributed by atoms with Crippen LogP contribution in [0.5, 0.6) is 0 Å². The van der Waals surface area contributed by atoms with Crippen LogP contribution >= 0.6 is 0 Å². The molecule has 9 nitrogen and oxygen atoms in total. The lowest BCUT2D eigenvalue weighted by atomic mass is 10.0. The average molecular weight is 559 g/mol. The molecule has 6 rings (SSSR count). The molecule has 210 valence electrons. The number of rotatable bonds is 7. The van der Waals surface area contributed by atoms with Crippen LogP contribution in [0.1, 0.15) is 42.6 Å². The summed E-state index contributed by atoms with van der Waals surface area (Å²) in [6.45, 7) is 7.01. The molecule has 1 fully saturated rings. The third-order valence-electron chi connectivity index (χ3n) is 7.32. The van der Waals surface area contributed by atoms with Gasteiger partial charge in [-0.1, -0.05) is 48.8 Å². The summed E-state index contributed by atoms with van der Waals surface area (Å²) < 4.78 is 8.84. The second-order valence-corrected chi connectivity index (χ2v) is 10.1. The maximum atomic E-state index is 14.2. The van der Waals surface area contributed by atoms with E-state index in [1.165, 1.54) is 0 Å². The largest absolute Gasteiger partial charge is 0.377 e. The molecule has 2 aromatic carbocycles. The first-order chi connectivity index (χ1) is 20.5. The molecule has 0 saturated carbocycles. The zero-order valence-corrected chi connectivity index (χ0v) is 23.2. The van der Waals surface area contributed by atoms with Gasteiger partial charge >= 0.3 is 0 Å². The number of nitrogens with zero attached hydrogens (tertiary/aromatic N) is 4. The van der Waals surface area contributed by atoms with E-state index in [4.69, 9.17) is 4.74 Å². The average Bonchev–Trinajstić information content (AvgIpc) is 3.70. The van der Waals surface area contributed by atoms with E-state index in [-0.39, 0.29) is 24.1 Å². The van der Waals surface area contributed by atoms with E-state index in [1.54, 1.807) is 21.5 Å². The molecule has 2 atom stereocenters. The molecule has 5 aromatic rings. The Morgan fingerprint density at radius 1 is 1.19 bits per heavy atom. The first kappa shape index (κ1) is 27.0. The monoisotopic (exact) mass is 558 g/mol. The van der Waals surface area contributed by atoms with Crippen molar-refractivity contribution < 1.29 is 9.53 Å².